The molecule has 0 spiro atoms. The number of hydrogen-bond acceptors (Lipinski definition) is 4. The third kappa shape index (κ3) is 5.45. The third-order valence-corrected chi connectivity index (χ3v) is 9.43. The average molecular weight is 651 g/mol. The molecule has 0 bridgehead atoms. The van der Waals surface area contributed by atoms with Gasteiger partial charge in [-0.3, -0.25) is 0 Å². The van der Waals surface area contributed by atoms with Crippen LogP contribution in [0.2, 0.25) is 0 Å². The highest BCUT2D eigenvalue weighted by Crippen LogP contribution is 2.58. The topological polar surface area (TPSA) is 36.9 Å². The number of halogens is 3. The zero-order valence-electron chi connectivity index (χ0n) is 27.2. The predicted octanol–water partition coefficient (Wildman–Crippen LogP) is 9.95. The van der Waals surface area contributed by atoms with Gasteiger partial charge in [0.15, 0.2) is 5.60 Å². The summed E-state index contributed by atoms with van der Waals surface area (Å²) >= 11 is 0. The molecule has 246 valence electrons. The molecule has 1 unspecified atom stereocenters. The van der Waals surface area contributed by atoms with Crippen molar-refractivity contribution in [2.45, 2.75) is 38.0 Å². The predicted molar refractivity (Wildman–Crippen MR) is 183 cm³/mol. The summed E-state index contributed by atoms with van der Waals surface area (Å²) in [6.07, 6.45) is -0.265. The molecule has 48 heavy (non-hydrogen) atoms. The summed E-state index contributed by atoms with van der Waals surface area (Å²) in [4.78, 5) is 0. The van der Waals surface area contributed by atoms with E-state index in [1.54, 1.807) is 6.07 Å². The van der Waals surface area contributed by atoms with E-state index in [4.69, 9.17) is 18.9 Å². The number of rotatable bonds is 10. The van der Waals surface area contributed by atoms with Crippen molar-refractivity contribution >= 4 is 16.8 Å². The molecule has 4 nitrogen and oxygen atoms in total. The Morgan fingerprint density at radius 1 is 0.729 bits per heavy atom. The van der Waals surface area contributed by atoms with E-state index >= 15 is 0 Å². The van der Waals surface area contributed by atoms with Crippen molar-refractivity contribution in [1.29, 1.82) is 0 Å². The summed E-state index contributed by atoms with van der Waals surface area (Å²) in [5.74, 6) is 1.42. The van der Waals surface area contributed by atoms with Gasteiger partial charge in [0.2, 0.25) is 0 Å². The molecule has 0 amide bonds. The molecule has 5 aromatic carbocycles. The second-order valence-corrected chi connectivity index (χ2v) is 12.6. The van der Waals surface area contributed by atoms with Gasteiger partial charge in [0.05, 0.1) is 25.4 Å². The fourth-order valence-electron chi connectivity index (χ4n) is 7.16. The Kier molecular flexibility index (Phi) is 8.30. The summed E-state index contributed by atoms with van der Waals surface area (Å²) in [6, 6.07) is 30.1. The Bertz CT molecular complexity index is 1980. The Balaban J connectivity index is 1.30. The van der Waals surface area contributed by atoms with Gasteiger partial charge in [-0.25, -0.2) is 0 Å². The Hall–Kier alpha value is -4.59. The van der Waals surface area contributed by atoms with E-state index in [1.807, 2.05) is 99.6 Å². The van der Waals surface area contributed by atoms with Crippen LogP contribution in [-0.2, 0) is 26.7 Å². The minimum absolute atomic E-state index is 0.415. The molecule has 0 saturated carbocycles. The number of benzene rings is 5. The molecule has 0 aromatic heterocycles. The van der Waals surface area contributed by atoms with Gasteiger partial charge < -0.3 is 18.9 Å². The zero-order chi connectivity index (χ0) is 33.5. The molecule has 0 saturated heterocycles. The van der Waals surface area contributed by atoms with Gasteiger partial charge in [-0.05, 0) is 64.9 Å². The Morgan fingerprint density at radius 3 is 2.12 bits per heavy atom. The molecule has 7 heteroatoms. The van der Waals surface area contributed by atoms with Crippen LogP contribution in [0.3, 0.4) is 0 Å². The molecule has 0 radical (unpaired) electrons. The molecular formula is C41H37F3O4. The fourth-order valence-corrected chi connectivity index (χ4v) is 7.16. The Morgan fingerprint density at radius 2 is 1.40 bits per heavy atom. The number of hydrogen-bond donors (Lipinski definition) is 0. The molecule has 1 aliphatic heterocycles. The maximum Gasteiger partial charge on any atom is 0.416 e. The number of alkyl halides is 3. The molecule has 1 aliphatic carbocycles. The van der Waals surface area contributed by atoms with Gasteiger partial charge in [-0.2, -0.15) is 13.2 Å². The van der Waals surface area contributed by atoms with Crippen LogP contribution >= 0.6 is 0 Å². The van der Waals surface area contributed by atoms with Crippen LogP contribution < -0.4 is 9.47 Å². The van der Waals surface area contributed by atoms with Crippen molar-refractivity contribution in [3.05, 3.63) is 137 Å². The largest absolute Gasteiger partial charge is 0.491 e. The zero-order valence-corrected chi connectivity index (χ0v) is 27.2. The highest BCUT2D eigenvalue weighted by atomic mass is 19.4. The lowest BCUT2D eigenvalue weighted by molar-refractivity contribution is -0.137. The first-order valence-electron chi connectivity index (χ1n) is 16.3. The van der Waals surface area contributed by atoms with Gasteiger partial charge in [-0.1, -0.05) is 92.7 Å². The van der Waals surface area contributed by atoms with Crippen molar-refractivity contribution in [2.24, 2.45) is 0 Å². The van der Waals surface area contributed by atoms with Gasteiger partial charge in [0.25, 0.3) is 0 Å². The molecule has 1 atom stereocenters. The smallest absolute Gasteiger partial charge is 0.416 e. The van der Waals surface area contributed by atoms with E-state index in [2.05, 4.69) is 12.2 Å². The minimum Gasteiger partial charge on any atom is -0.491 e. The van der Waals surface area contributed by atoms with Crippen LogP contribution in [0.25, 0.3) is 28.0 Å². The van der Waals surface area contributed by atoms with Crippen LogP contribution in [0.4, 0.5) is 13.2 Å². The average Bonchev–Trinajstić information content (AvgIpc) is 3.34. The number of ether oxygens (including phenoxy) is 4. The SMILES string of the molecule is CCOCCOCCOc1ccc(C2(c3ccccc3)C=Cc3c4c(c5ccccc5c3O2)-c2ccc(C(F)(F)F)cc2C4(C)C)cc1. The Labute approximate surface area is 278 Å². The lowest BCUT2D eigenvalue weighted by atomic mass is 9.76. The van der Waals surface area contributed by atoms with Gasteiger partial charge in [0, 0.05) is 34.1 Å². The van der Waals surface area contributed by atoms with E-state index in [0.29, 0.717) is 44.3 Å². The molecule has 2 aliphatic rings. The van der Waals surface area contributed by atoms with E-state index in [1.165, 1.54) is 12.1 Å². The quantitative estimate of drug-likeness (QED) is 0.141. The van der Waals surface area contributed by atoms with Crippen LogP contribution in [0.1, 0.15) is 54.2 Å². The van der Waals surface area contributed by atoms with Crippen LogP contribution in [0, 0.1) is 0 Å². The molecule has 7 rings (SSSR count). The normalized spacial score (nSPS) is 17.5. The van der Waals surface area contributed by atoms with E-state index in [-0.39, 0.29) is 0 Å². The first kappa shape index (κ1) is 32.0. The van der Waals surface area contributed by atoms with Crippen LogP contribution in [0.5, 0.6) is 11.5 Å². The summed E-state index contributed by atoms with van der Waals surface area (Å²) in [5, 5.41) is 1.85. The van der Waals surface area contributed by atoms with Crippen LogP contribution in [0.15, 0.2) is 103 Å². The lowest BCUT2D eigenvalue weighted by Crippen LogP contribution is -2.35. The first-order chi connectivity index (χ1) is 23.1. The monoisotopic (exact) mass is 650 g/mol. The van der Waals surface area contributed by atoms with E-state index < -0.39 is 22.8 Å². The minimum atomic E-state index is -4.43. The van der Waals surface area contributed by atoms with Crippen molar-refractivity contribution in [3.63, 3.8) is 0 Å². The summed E-state index contributed by atoms with van der Waals surface area (Å²) in [7, 11) is 0. The molecular weight excluding hydrogens is 613 g/mol. The van der Waals surface area contributed by atoms with E-state index in [9.17, 15) is 13.2 Å². The molecule has 5 aromatic rings. The second-order valence-electron chi connectivity index (χ2n) is 12.6. The maximum absolute atomic E-state index is 13.9. The first-order valence-corrected chi connectivity index (χ1v) is 16.3. The summed E-state index contributed by atoms with van der Waals surface area (Å²) < 4.78 is 65.7. The summed E-state index contributed by atoms with van der Waals surface area (Å²) in [6.45, 7) is 8.58. The van der Waals surface area contributed by atoms with Crippen molar-refractivity contribution in [2.75, 3.05) is 33.0 Å². The van der Waals surface area contributed by atoms with Gasteiger partial charge >= 0.3 is 6.18 Å². The van der Waals surface area contributed by atoms with Crippen LogP contribution in [-0.4, -0.2) is 33.0 Å². The highest BCUT2D eigenvalue weighted by Gasteiger charge is 2.45. The van der Waals surface area contributed by atoms with Gasteiger partial charge in [-0.15, -0.1) is 0 Å². The van der Waals surface area contributed by atoms with Crippen molar-refractivity contribution in [3.8, 4) is 22.6 Å². The van der Waals surface area contributed by atoms with Gasteiger partial charge in [0.1, 0.15) is 18.1 Å². The molecule has 0 fully saturated rings. The molecule has 0 N–H and O–H groups in total. The second kappa shape index (κ2) is 12.5. The lowest BCUT2D eigenvalue weighted by Gasteiger charge is -2.38. The number of fused-ring (bicyclic) bond motifs is 8. The summed E-state index contributed by atoms with van der Waals surface area (Å²) in [5.41, 5.74) is 3.85. The third-order valence-electron chi connectivity index (χ3n) is 9.43. The highest BCUT2D eigenvalue weighted by molar-refractivity contribution is 6.08. The maximum atomic E-state index is 13.9. The van der Waals surface area contributed by atoms with E-state index in [0.717, 1.165) is 49.9 Å². The van der Waals surface area contributed by atoms with Crippen molar-refractivity contribution in [1.82, 2.24) is 0 Å². The fraction of sp³-hybridized carbons (Fsp3) is 0.268. The standard InChI is InChI=1S/C41H37F3O4/c1-4-45-22-23-46-24-25-47-30-17-14-28(15-18-30)40(27-10-6-5-7-11-27)21-20-34-37-36(31-12-8-9-13-32(31)38(34)48-40)33-19-16-29(41(42,43)44)26-35(33)39(37,2)3/h5-21,26H,4,22-25H2,1-3H3. The molecule has 1 heterocycles. The van der Waals surface area contributed by atoms with Crippen molar-refractivity contribution < 1.29 is 32.1 Å².